The zero-order valence-electron chi connectivity index (χ0n) is 12.0. The highest BCUT2D eigenvalue weighted by atomic mass is 35.5. The van der Waals surface area contributed by atoms with Crippen molar-refractivity contribution in [3.63, 3.8) is 0 Å². The lowest BCUT2D eigenvalue weighted by Gasteiger charge is -2.35. The van der Waals surface area contributed by atoms with Crippen molar-refractivity contribution in [1.29, 1.82) is 0 Å². The maximum Gasteiger partial charge on any atom is 0.253 e. The standard InChI is InChI=1S/C14H19ClN2O3S/c1-9-5-6-17(8-10(9)2)14(18)11-3-4-12(15)13(7-11)21(16,19)20/h3-4,7,9-10H,5-6,8H2,1-2H3,(H2,16,19,20). The van der Waals surface area contributed by atoms with Crippen LogP contribution in [-0.2, 0) is 10.0 Å². The van der Waals surface area contributed by atoms with Crippen LogP contribution in [0.3, 0.4) is 0 Å². The third kappa shape index (κ3) is 3.56. The molecule has 1 amide bonds. The van der Waals surface area contributed by atoms with Gasteiger partial charge in [-0.15, -0.1) is 0 Å². The van der Waals surface area contributed by atoms with Gasteiger partial charge in [0.1, 0.15) is 4.90 Å². The first-order valence-electron chi connectivity index (χ1n) is 6.81. The van der Waals surface area contributed by atoms with Gasteiger partial charge in [-0.2, -0.15) is 0 Å². The fourth-order valence-corrected chi connectivity index (χ4v) is 3.56. The minimum absolute atomic E-state index is 0.0229. The van der Waals surface area contributed by atoms with Crippen molar-refractivity contribution >= 4 is 27.5 Å². The maximum absolute atomic E-state index is 12.5. The van der Waals surface area contributed by atoms with Crippen molar-refractivity contribution in [1.82, 2.24) is 4.90 Å². The second kappa shape index (κ2) is 5.94. The number of nitrogens with two attached hydrogens (primary N) is 1. The number of amides is 1. The number of carbonyl (C=O) groups excluding carboxylic acids is 1. The molecule has 7 heteroatoms. The van der Waals surface area contributed by atoms with Crippen LogP contribution in [0.4, 0.5) is 0 Å². The van der Waals surface area contributed by atoms with Gasteiger partial charge in [0.25, 0.3) is 5.91 Å². The Balaban J connectivity index is 2.28. The lowest BCUT2D eigenvalue weighted by Crippen LogP contribution is -2.42. The molecule has 0 saturated carbocycles. The van der Waals surface area contributed by atoms with Crippen molar-refractivity contribution in [2.24, 2.45) is 17.0 Å². The SMILES string of the molecule is CC1CCN(C(=O)c2ccc(Cl)c(S(N)(=O)=O)c2)CC1C. The Bertz CT molecular complexity index is 660. The summed E-state index contributed by atoms with van der Waals surface area (Å²) in [5.74, 6) is 0.822. The van der Waals surface area contributed by atoms with Gasteiger partial charge in [-0.1, -0.05) is 25.4 Å². The number of piperidine rings is 1. The van der Waals surface area contributed by atoms with Gasteiger partial charge in [0, 0.05) is 18.7 Å². The maximum atomic E-state index is 12.5. The molecule has 1 aromatic rings. The first-order valence-corrected chi connectivity index (χ1v) is 8.74. The van der Waals surface area contributed by atoms with Crippen LogP contribution >= 0.6 is 11.6 Å². The second-order valence-electron chi connectivity index (χ2n) is 5.68. The highest BCUT2D eigenvalue weighted by Gasteiger charge is 2.27. The molecule has 1 aliphatic rings. The molecule has 1 fully saturated rings. The van der Waals surface area contributed by atoms with Gasteiger partial charge in [0.15, 0.2) is 0 Å². The number of hydrogen-bond donors (Lipinski definition) is 1. The van der Waals surface area contributed by atoms with Gasteiger partial charge >= 0.3 is 0 Å². The average molecular weight is 331 g/mol. The van der Waals surface area contributed by atoms with E-state index in [9.17, 15) is 13.2 Å². The summed E-state index contributed by atoms with van der Waals surface area (Å²) in [5, 5.41) is 5.13. The van der Waals surface area contributed by atoms with E-state index in [0.717, 1.165) is 6.42 Å². The van der Waals surface area contributed by atoms with E-state index in [4.69, 9.17) is 16.7 Å². The lowest BCUT2D eigenvalue weighted by atomic mass is 9.88. The highest BCUT2D eigenvalue weighted by molar-refractivity contribution is 7.89. The Kier molecular flexibility index (Phi) is 4.60. The molecule has 0 bridgehead atoms. The number of sulfonamides is 1. The van der Waals surface area contributed by atoms with Crippen molar-refractivity contribution in [2.75, 3.05) is 13.1 Å². The summed E-state index contributed by atoms with van der Waals surface area (Å²) in [7, 11) is -3.94. The largest absolute Gasteiger partial charge is 0.338 e. The van der Waals surface area contributed by atoms with Gasteiger partial charge < -0.3 is 4.90 Å². The zero-order valence-corrected chi connectivity index (χ0v) is 13.6. The van der Waals surface area contributed by atoms with Crippen LogP contribution in [0, 0.1) is 11.8 Å². The molecule has 0 radical (unpaired) electrons. The zero-order chi connectivity index (χ0) is 15.8. The molecule has 2 atom stereocenters. The number of rotatable bonds is 2. The first kappa shape index (κ1) is 16.3. The summed E-state index contributed by atoms with van der Waals surface area (Å²) < 4.78 is 22.9. The third-order valence-electron chi connectivity index (χ3n) is 4.11. The number of carbonyl (C=O) groups is 1. The summed E-state index contributed by atoms with van der Waals surface area (Å²) in [5.41, 5.74) is 0.296. The summed E-state index contributed by atoms with van der Waals surface area (Å²) >= 11 is 5.83. The number of benzene rings is 1. The lowest BCUT2D eigenvalue weighted by molar-refractivity contribution is 0.0627. The van der Waals surface area contributed by atoms with Crippen LogP contribution in [-0.4, -0.2) is 32.3 Å². The van der Waals surface area contributed by atoms with E-state index >= 15 is 0 Å². The molecule has 2 unspecified atom stereocenters. The summed E-state index contributed by atoms with van der Waals surface area (Å²) in [6.07, 6.45) is 0.947. The first-order chi connectivity index (χ1) is 9.70. The van der Waals surface area contributed by atoms with Crippen LogP contribution in [0.2, 0.25) is 5.02 Å². The molecule has 5 nitrogen and oxygen atoms in total. The topological polar surface area (TPSA) is 80.5 Å². The molecule has 0 aliphatic carbocycles. The van der Waals surface area contributed by atoms with E-state index in [-0.39, 0.29) is 15.8 Å². The molecule has 1 aliphatic heterocycles. The molecule has 116 valence electrons. The molecule has 21 heavy (non-hydrogen) atoms. The Labute approximate surface area is 130 Å². The van der Waals surface area contributed by atoms with E-state index in [2.05, 4.69) is 13.8 Å². The second-order valence-corrected chi connectivity index (χ2v) is 7.62. The van der Waals surface area contributed by atoms with E-state index in [1.165, 1.54) is 18.2 Å². The molecule has 2 rings (SSSR count). The van der Waals surface area contributed by atoms with Crippen molar-refractivity contribution in [3.05, 3.63) is 28.8 Å². The van der Waals surface area contributed by atoms with Crippen molar-refractivity contribution in [3.8, 4) is 0 Å². The van der Waals surface area contributed by atoms with Crippen LogP contribution in [0.5, 0.6) is 0 Å². The Hall–Kier alpha value is -1.11. The predicted octanol–water partition coefficient (Wildman–Crippen LogP) is 2.11. The molecule has 1 saturated heterocycles. The summed E-state index contributed by atoms with van der Waals surface area (Å²) in [4.78, 5) is 14.0. The predicted molar refractivity (Wildman–Crippen MR) is 81.7 cm³/mol. The molecule has 1 heterocycles. The molecule has 1 aromatic carbocycles. The van der Waals surface area contributed by atoms with Gasteiger partial charge in [-0.25, -0.2) is 13.6 Å². The molecule has 0 spiro atoms. The third-order valence-corrected chi connectivity index (χ3v) is 5.50. The highest BCUT2D eigenvalue weighted by Crippen LogP contribution is 2.26. The minimum Gasteiger partial charge on any atom is -0.338 e. The Morgan fingerprint density at radius 1 is 1.33 bits per heavy atom. The molecule has 0 aromatic heterocycles. The van der Waals surface area contributed by atoms with Crippen LogP contribution < -0.4 is 5.14 Å². The fraction of sp³-hybridized carbons (Fsp3) is 0.500. The number of halogens is 1. The number of nitrogens with zero attached hydrogens (tertiary/aromatic N) is 1. The molecule has 2 N–H and O–H groups in total. The van der Waals surface area contributed by atoms with Crippen molar-refractivity contribution < 1.29 is 13.2 Å². The Morgan fingerprint density at radius 3 is 2.57 bits per heavy atom. The van der Waals surface area contributed by atoms with E-state index in [1.54, 1.807) is 4.90 Å². The number of hydrogen-bond acceptors (Lipinski definition) is 3. The normalized spacial score (nSPS) is 23.1. The van der Waals surface area contributed by atoms with Crippen LogP contribution in [0.25, 0.3) is 0 Å². The summed E-state index contributed by atoms with van der Waals surface area (Å²) in [6, 6.07) is 4.18. The molecular formula is C14H19ClN2O3S. The van der Waals surface area contributed by atoms with Gasteiger partial charge in [0.2, 0.25) is 10.0 Å². The monoisotopic (exact) mass is 330 g/mol. The van der Waals surface area contributed by atoms with Gasteiger partial charge in [-0.3, -0.25) is 4.79 Å². The smallest absolute Gasteiger partial charge is 0.253 e. The van der Waals surface area contributed by atoms with E-state index in [0.29, 0.717) is 30.5 Å². The quantitative estimate of drug-likeness (QED) is 0.901. The minimum atomic E-state index is -3.94. The number of primary sulfonamides is 1. The Morgan fingerprint density at radius 2 is 2.00 bits per heavy atom. The number of likely N-dealkylation sites (tertiary alicyclic amines) is 1. The average Bonchev–Trinajstić information content (AvgIpc) is 2.40. The van der Waals surface area contributed by atoms with Crippen LogP contribution in [0.1, 0.15) is 30.6 Å². The van der Waals surface area contributed by atoms with E-state index in [1.807, 2.05) is 0 Å². The van der Waals surface area contributed by atoms with Crippen molar-refractivity contribution in [2.45, 2.75) is 25.2 Å². The fourth-order valence-electron chi connectivity index (χ4n) is 2.48. The molecular weight excluding hydrogens is 312 g/mol. The van der Waals surface area contributed by atoms with Gasteiger partial charge in [0.05, 0.1) is 5.02 Å². The van der Waals surface area contributed by atoms with E-state index < -0.39 is 10.0 Å². The van der Waals surface area contributed by atoms with Gasteiger partial charge in [-0.05, 0) is 36.5 Å². The summed E-state index contributed by atoms with van der Waals surface area (Å²) in [6.45, 7) is 5.64. The van der Waals surface area contributed by atoms with Crippen LogP contribution in [0.15, 0.2) is 23.1 Å².